The van der Waals surface area contributed by atoms with Crippen molar-refractivity contribution < 1.29 is 4.74 Å². The lowest BCUT2D eigenvalue weighted by Crippen LogP contribution is -1.99. The first-order valence-corrected chi connectivity index (χ1v) is 3.92. The maximum absolute atomic E-state index is 5.68. The Bertz CT molecular complexity index is 461. The van der Waals surface area contributed by atoms with Crippen molar-refractivity contribution >= 4 is 17.0 Å². The zero-order valence-electron chi connectivity index (χ0n) is 6.69. The second-order valence-corrected chi connectivity index (χ2v) is 2.89. The van der Waals surface area contributed by atoms with Gasteiger partial charge in [-0.1, -0.05) is 0 Å². The Balaban J connectivity index is 2.27. The van der Waals surface area contributed by atoms with Gasteiger partial charge in [0, 0.05) is 0 Å². The SMILES string of the molecule is Nc1nc(C2CO2)nc2[nH]cnc12. The number of aromatic nitrogens is 4. The summed E-state index contributed by atoms with van der Waals surface area (Å²) in [6.07, 6.45) is 1.57. The molecule has 1 aliphatic rings. The number of nitrogens with zero attached hydrogens (tertiary/aromatic N) is 3. The molecule has 1 fully saturated rings. The largest absolute Gasteiger partial charge is 0.382 e. The number of nitrogen functional groups attached to an aromatic ring is 1. The standard InChI is InChI=1S/C7H7N5O/c8-5-4-7(10-2-9-4)12-6(11-5)3-1-13-3/h2-3H,1H2,(H3,8,9,10,11,12). The summed E-state index contributed by atoms with van der Waals surface area (Å²) in [5, 5.41) is 0. The molecule has 0 amide bonds. The summed E-state index contributed by atoms with van der Waals surface area (Å²) in [5.41, 5.74) is 6.96. The predicted octanol–water partition coefficient (Wildman–Crippen LogP) is 0.00640. The van der Waals surface area contributed by atoms with Crippen LogP contribution in [0.2, 0.25) is 0 Å². The van der Waals surface area contributed by atoms with Crippen molar-refractivity contribution in [3.63, 3.8) is 0 Å². The van der Waals surface area contributed by atoms with E-state index in [9.17, 15) is 0 Å². The number of H-pyrrole nitrogens is 1. The first-order chi connectivity index (χ1) is 6.34. The van der Waals surface area contributed by atoms with E-state index in [-0.39, 0.29) is 6.10 Å². The summed E-state index contributed by atoms with van der Waals surface area (Å²) in [6, 6.07) is 0. The van der Waals surface area contributed by atoms with Crippen molar-refractivity contribution in [1.29, 1.82) is 0 Å². The fraction of sp³-hybridized carbons (Fsp3) is 0.286. The van der Waals surface area contributed by atoms with Gasteiger partial charge in [0.2, 0.25) is 0 Å². The molecule has 3 rings (SSSR count). The van der Waals surface area contributed by atoms with Crippen LogP contribution in [0.25, 0.3) is 11.2 Å². The summed E-state index contributed by atoms with van der Waals surface area (Å²) in [6.45, 7) is 0.680. The highest BCUT2D eigenvalue weighted by molar-refractivity contribution is 5.80. The van der Waals surface area contributed by atoms with E-state index in [2.05, 4.69) is 19.9 Å². The molecule has 1 unspecified atom stereocenters. The minimum absolute atomic E-state index is 0.0231. The minimum atomic E-state index is 0.0231. The molecule has 0 bridgehead atoms. The molecule has 3 heterocycles. The number of aromatic amines is 1. The Morgan fingerprint density at radius 1 is 1.54 bits per heavy atom. The molecule has 13 heavy (non-hydrogen) atoms. The van der Waals surface area contributed by atoms with Crippen molar-refractivity contribution in [3.05, 3.63) is 12.2 Å². The van der Waals surface area contributed by atoms with Crippen LogP contribution in [0.15, 0.2) is 6.33 Å². The van der Waals surface area contributed by atoms with E-state index in [0.29, 0.717) is 29.4 Å². The molecule has 1 aliphatic heterocycles. The normalized spacial score (nSPS) is 20.8. The van der Waals surface area contributed by atoms with E-state index >= 15 is 0 Å². The van der Waals surface area contributed by atoms with Gasteiger partial charge in [-0.2, -0.15) is 0 Å². The Hall–Kier alpha value is -1.69. The second kappa shape index (κ2) is 2.17. The van der Waals surface area contributed by atoms with Crippen LogP contribution < -0.4 is 5.73 Å². The van der Waals surface area contributed by atoms with Crippen molar-refractivity contribution in [2.75, 3.05) is 12.3 Å². The summed E-state index contributed by atoms with van der Waals surface area (Å²) in [4.78, 5) is 15.2. The van der Waals surface area contributed by atoms with Crippen LogP contribution >= 0.6 is 0 Å². The summed E-state index contributed by atoms with van der Waals surface area (Å²) in [7, 11) is 0. The number of hydrogen-bond acceptors (Lipinski definition) is 5. The molecule has 0 spiro atoms. The molecule has 1 atom stereocenters. The van der Waals surface area contributed by atoms with Crippen LogP contribution in [0.3, 0.4) is 0 Å². The first-order valence-electron chi connectivity index (χ1n) is 3.92. The number of nitrogens with two attached hydrogens (primary N) is 1. The molecule has 1 saturated heterocycles. The van der Waals surface area contributed by atoms with Gasteiger partial charge in [-0.05, 0) is 0 Å². The number of hydrogen-bond donors (Lipinski definition) is 2. The molecule has 2 aromatic rings. The Labute approximate surface area is 73.2 Å². The highest BCUT2D eigenvalue weighted by atomic mass is 16.6. The van der Waals surface area contributed by atoms with E-state index < -0.39 is 0 Å². The Kier molecular flexibility index (Phi) is 1.13. The maximum atomic E-state index is 5.68. The molecule has 0 aliphatic carbocycles. The first kappa shape index (κ1) is 6.79. The molecule has 0 aromatic carbocycles. The van der Waals surface area contributed by atoms with E-state index in [0.717, 1.165) is 0 Å². The van der Waals surface area contributed by atoms with Crippen LogP contribution in [0.1, 0.15) is 11.9 Å². The van der Waals surface area contributed by atoms with E-state index in [4.69, 9.17) is 10.5 Å². The summed E-state index contributed by atoms with van der Waals surface area (Å²) < 4.78 is 5.06. The van der Waals surface area contributed by atoms with Gasteiger partial charge >= 0.3 is 0 Å². The van der Waals surface area contributed by atoms with Crippen molar-refractivity contribution in [2.24, 2.45) is 0 Å². The fourth-order valence-corrected chi connectivity index (χ4v) is 1.22. The zero-order valence-corrected chi connectivity index (χ0v) is 6.69. The topological polar surface area (TPSA) is 93.0 Å². The van der Waals surface area contributed by atoms with Crippen LogP contribution in [0.5, 0.6) is 0 Å². The molecular formula is C7H7N5O. The number of rotatable bonds is 1. The molecule has 6 nitrogen and oxygen atoms in total. The van der Waals surface area contributed by atoms with Crippen molar-refractivity contribution in [3.8, 4) is 0 Å². The summed E-state index contributed by atoms with van der Waals surface area (Å²) in [5.74, 6) is 1.03. The molecule has 2 aromatic heterocycles. The van der Waals surface area contributed by atoms with Crippen LogP contribution in [0.4, 0.5) is 5.82 Å². The summed E-state index contributed by atoms with van der Waals surface area (Å²) >= 11 is 0. The van der Waals surface area contributed by atoms with Gasteiger partial charge in [-0.3, -0.25) is 0 Å². The average molecular weight is 177 g/mol. The third-order valence-electron chi connectivity index (χ3n) is 1.94. The van der Waals surface area contributed by atoms with Gasteiger partial charge < -0.3 is 15.5 Å². The monoisotopic (exact) mass is 177 g/mol. The third-order valence-corrected chi connectivity index (χ3v) is 1.94. The third kappa shape index (κ3) is 0.955. The number of epoxide rings is 1. The van der Waals surface area contributed by atoms with Gasteiger partial charge in [0.25, 0.3) is 0 Å². The van der Waals surface area contributed by atoms with Crippen molar-refractivity contribution in [1.82, 2.24) is 19.9 Å². The van der Waals surface area contributed by atoms with Gasteiger partial charge in [0.05, 0.1) is 12.9 Å². The smallest absolute Gasteiger partial charge is 0.164 e. The molecule has 66 valence electrons. The van der Waals surface area contributed by atoms with Crippen molar-refractivity contribution in [2.45, 2.75) is 6.10 Å². The average Bonchev–Trinajstić information content (AvgIpc) is 2.85. The number of ether oxygens (including phenoxy) is 1. The number of nitrogens with one attached hydrogen (secondary N) is 1. The maximum Gasteiger partial charge on any atom is 0.164 e. The molecule has 0 radical (unpaired) electrons. The lowest BCUT2D eigenvalue weighted by molar-refractivity contribution is 0.407. The predicted molar refractivity (Wildman–Crippen MR) is 44.8 cm³/mol. The Morgan fingerprint density at radius 3 is 3.15 bits per heavy atom. The van der Waals surface area contributed by atoms with Gasteiger partial charge in [-0.15, -0.1) is 0 Å². The molecule has 6 heteroatoms. The van der Waals surface area contributed by atoms with Crippen LogP contribution in [0, 0.1) is 0 Å². The van der Waals surface area contributed by atoms with Crippen LogP contribution in [-0.2, 0) is 4.74 Å². The van der Waals surface area contributed by atoms with E-state index in [1.807, 2.05) is 0 Å². The molecule has 0 saturated carbocycles. The number of fused-ring (bicyclic) bond motifs is 1. The van der Waals surface area contributed by atoms with Crippen LogP contribution in [-0.4, -0.2) is 26.5 Å². The highest BCUT2D eigenvalue weighted by Crippen LogP contribution is 2.28. The lowest BCUT2D eigenvalue weighted by Gasteiger charge is -1.96. The molecular weight excluding hydrogens is 170 g/mol. The fourth-order valence-electron chi connectivity index (χ4n) is 1.22. The minimum Gasteiger partial charge on any atom is -0.382 e. The Morgan fingerprint density at radius 2 is 2.38 bits per heavy atom. The van der Waals surface area contributed by atoms with Gasteiger partial charge in [-0.25, -0.2) is 15.0 Å². The quantitative estimate of drug-likeness (QED) is 0.598. The van der Waals surface area contributed by atoms with E-state index in [1.54, 1.807) is 6.33 Å². The number of anilines is 1. The highest BCUT2D eigenvalue weighted by Gasteiger charge is 2.29. The number of imidazole rings is 1. The lowest BCUT2D eigenvalue weighted by atomic mass is 10.4. The molecule has 3 N–H and O–H groups in total. The zero-order chi connectivity index (χ0) is 8.84. The second-order valence-electron chi connectivity index (χ2n) is 2.89. The van der Waals surface area contributed by atoms with Gasteiger partial charge in [0.15, 0.2) is 17.3 Å². The van der Waals surface area contributed by atoms with Gasteiger partial charge in [0.1, 0.15) is 11.6 Å². The van der Waals surface area contributed by atoms with E-state index in [1.165, 1.54) is 0 Å².